The van der Waals surface area contributed by atoms with Crippen molar-refractivity contribution in [2.75, 3.05) is 0 Å². The molecule has 0 unspecified atom stereocenters. The van der Waals surface area contributed by atoms with Crippen LogP contribution in [0.1, 0.15) is 10.4 Å². The molecule has 0 fully saturated rings. The van der Waals surface area contributed by atoms with Gasteiger partial charge in [-0.05, 0) is 23.6 Å². The molecule has 1 aromatic heterocycles. The highest BCUT2D eigenvalue weighted by atomic mass is 32.1. The molecule has 3 nitrogen and oxygen atoms in total. The summed E-state index contributed by atoms with van der Waals surface area (Å²) in [5.41, 5.74) is 0.400. The highest BCUT2D eigenvalue weighted by Gasteiger charge is 2.07. The van der Waals surface area contributed by atoms with Crippen LogP contribution in [0, 0.1) is 22.7 Å². The van der Waals surface area contributed by atoms with E-state index in [9.17, 15) is 5.11 Å². The van der Waals surface area contributed by atoms with Crippen LogP contribution in [0.25, 0.3) is 10.1 Å². The fourth-order valence-electron chi connectivity index (χ4n) is 1.25. The number of nitriles is 2. The van der Waals surface area contributed by atoms with Gasteiger partial charge in [0.25, 0.3) is 0 Å². The van der Waals surface area contributed by atoms with E-state index in [1.807, 2.05) is 12.1 Å². The molecule has 2 rings (SSSR count). The average Bonchev–Trinajstić information content (AvgIpc) is 2.61. The maximum absolute atomic E-state index is 9.54. The van der Waals surface area contributed by atoms with E-state index < -0.39 is 0 Å². The van der Waals surface area contributed by atoms with Crippen LogP contribution in [0.3, 0.4) is 0 Å². The van der Waals surface area contributed by atoms with Crippen LogP contribution < -0.4 is 0 Å². The minimum atomic E-state index is 0.0607. The molecule has 0 saturated heterocycles. The summed E-state index contributed by atoms with van der Waals surface area (Å²) in [4.78, 5) is 0.533. The first-order valence-corrected chi connectivity index (χ1v) is 4.63. The molecule has 0 aliphatic heterocycles. The van der Waals surface area contributed by atoms with Gasteiger partial charge in [0.05, 0.1) is 16.3 Å². The highest BCUT2D eigenvalue weighted by molar-refractivity contribution is 7.19. The van der Waals surface area contributed by atoms with Gasteiger partial charge in [0.1, 0.15) is 16.7 Å². The van der Waals surface area contributed by atoms with Crippen molar-refractivity contribution in [3.63, 3.8) is 0 Å². The number of fused-ring (bicyclic) bond motifs is 1. The molecule has 2 aromatic rings. The zero-order valence-electron chi connectivity index (χ0n) is 6.98. The summed E-state index contributed by atoms with van der Waals surface area (Å²) >= 11 is 1.22. The molecule has 1 aromatic carbocycles. The van der Waals surface area contributed by atoms with Gasteiger partial charge in [-0.25, -0.2) is 0 Å². The van der Waals surface area contributed by atoms with E-state index in [2.05, 4.69) is 0 Å². The van der Waals surface area contributed by atoms with Crippen LogP contribution in [0.4, 0.5) is 0 Å². The topological polar surface area (TPSA) is 67.8 Å². The van der Waals surface area contributed by atoms with Gasteiger partial charge in [-0.15, -0.1) is 11.3 Å². The third-order valence-electron chi connectivity index (χ3n) is 1.84. The number of rotatable bonds is 0. The number of thiophene rings is 1. The molecule has 66 valence electrons. The Morgan fingerprint density at radius 1 is 1.14 bits per heavy atom. The number of aromatic hydroxyl groups is 1. The van der Waals surface area contributed by atoms with E-state index in [1.165, 1.54) is 17.4 Å². The lowest BCUT2D eigenvalue weighted by atomic mass is 10.1. The first-order valence-electron chi connectivity index (χ1n) is 3.81. The molecule has 4 heteroatoms. The standard InChI is InChI=1S/C10H4N2OS/c11-4-6-1-7-3-8(5-12)14-10(7)9(13)2-6/h1-3,13H. The Balaban J connectivity index is 2.83. The Labute approximate surface area is 84.1 Å². The Hall–Kier alpha value is -2.04. The van der Waals surface area contributed by atoms with Gasteiger partial charge < -0.3 is 5.11 Å². The predicted molar refractivity (Wildman–Crippen MR) is 52.9 cm³/mol. The maximum atomic E-state index is 9.54. The molecule has 0 radical (unpaired) electrons. The fourth-order valence-corrected chi connectivity index (χ4v) is 2.10. The summed E-state index contributed by atoms with van der Waals surface area (Å²) in [6, 6.07) is 8.68. The molecular weight excluding hydrogens is 196 g/mol. The Morgan fingerprint density at radius 3 is 2.57 bits per heavy atom. The van der Waals surface area contributed by atoms with Gasteiger partial charge in [0.15, 0.2) is 0 Å². The molecule has 0 aliphatic rings. The third kappa shape index (κ3) is 1.19. The fraction of sp³-hybridized carbons (Fsp3) is 0. The van der Waals surface area contributed by atoms with E-state index in [0.29, 0.717) is 15.1 Å². The quantitative estimate of drug-likeness (QED) is 0.709. The lowest BCUT2D eigenvalue weighted by Crippen LogP contribution is -1.73. The lowest BCUT2D eigenvalue weighted by Gasteiger charge is -1.94. The Kier molecular flexibility index (Phi) is 1.85. The zero-order valence-corrected chi connectivity index (χ0v) is 7.80. The first-order chi connectivity index (χ1) is 6.74. The van der Waals surface area contributed by atoms with Crippen molar-refractivity contribution in [3.8, 4) is 17.9 Å². The van der Waals surface area contributed by atoms with Gasteiger partial charge in [-0.1, -0.05) is 0 Å². The second-order valence-corrected chi connectivity index (χ2v) is 3.80. The monoisotopic (exact) mass is 200 g/mol. The van der Waals surface area contributed by atoms with Crippen molar-refractivity contribution in [1.29, 1.82) is 10.5 Å². The van der Waals surface area contributed by atoms with Crippen molar-refractivity contribution in [1.82, 2.24) is 0 Å². The van der Waals surface area contributed by atoms with E-state index in [-0.39, 0.29) is 5.75 Å². The summed E-state index contributed by atoms with van der Waals surface area (Å²) in [6.07, 6.45) is 0. The van der Waals surface area contributed by atoms with Crippen molar-refractivity contribution in [2.24, 2.45) is 0 Å². The molecule has 1 N–H and O–H groups in total. The smallest absolute Gasteiger partial charge is 0.134 e. The largest absolute Gasteiger partial charge is 0.506 e. The van der Waals surface area contributed by atoms with Crippen molar-refractivity contribution in [3.05, 3.63) is 28.6 Å². The van der Waals surface area contributed by atoms with Crippen LogP contribution in [0.15, 0.2) is 18.2 Å². The van der Waals surface area contributed by atoms with E-state index in [1.54, 1.807) is 12.1 Å². The number of hydrogen-bond donors (Lipinski definition) is 1. The molecule has 0 atom stereocenters. The molecule has 0 amide bonds. The number of benzene rings is 1. The summed E-state index contributed by atoms with van der Waals surface area (Å²) in [6.45, 7) is 0. The van der Waals surface area contributed by atoms with Crippen LogP contribution in [-0.2, 0) is 0 Å². The summed E-state index contributed by atoms with van der Waals surface area (Å²) in [5, 5.41) is 27.6. The van der Waals surface area contributed by atoms with Crippen LogP contribution >= 0.6 is 11.3 Å². The average molecular weight is 200 g/mol. The van der Waals surface area contributed by atoms with Gasteiger partial charge in [0, 0.05) is 0 Å². The first kappa shape index (κ1) is 8.55. The van der Waals surface area contributed by atoms with E-state index in [4.69, 9.17) is 10.5 Å². The molecular formula is C10H4N2OS. The molecule has 0 aliphatic carbocycles. The number of phenolic OH excluding ortho intramolecular Hbond substituents is 1. The summed E-state index contributed by atoms with van der Waals surface area (Å²) in [5.74, 6) is 0.0607. The Morgan fingerprint density at radius 2 is 1.93 bits per heavy atom. The van der Waals surface area contributed by atoms with Crippen LogP contribution in [-0.4, -0.2) is 5.11 Å². The van der Waals surface area contributed by atoms with Crippen molar-refractivity contribution < 1.29 is 5.11 Å². The van der Waals surface area contributed by atoms with E-state index >= 15 is 0 Å². The second kappa shape index (κ2) is 3.02. The third-order valence-corrected chi connectivity index (χ3v) is 2.91. The SMILES string of the molecule is N#Cc1cc(O)c2sc(C#N)cc2c1. The minimum absolute atomic E-state index is 0.0607. The minimum Gasteiger partial charge on any atom is -0.506 e. The highest BCUT2D eigenvalue weighted by Crippen LogP contribution is 2.33. The van der Waals surface area contributed by atoms with Crippen molar-refractivity contribution >= 4 is 21.4 Å². The summed E-state index contributed by atoms with van der Waals surface area (Å²) in [7, 11) is 0. The second-order valence-electron chi connectivity index (χ2n) is 2.75. The van der Waals surface area contributed by atoms with Gasteiger partial charge >= 0.3 is 0 Å². The Bertz CT molecular complexity index is 586. The molecule has 0 bridgehead atoms. The number of phenols is 1. The van der Waals surface area contributed by atoms with E-state index in [0.717, 1.165) is 5.39 Å². The predicted octanol–water partition coefficient (Wildman–Crippen LogP) is 2.35. The summed E-state index contributed by atoms with van der Waals surface area (Å²) < 4.78 is 0.653. The maximum Gasteiger partial charge on any atom is 0.134 e. The van der Waals surface area contributed by atoms with Gasteiger partial charge in [-0.3, -0.25) is 0 Å². The zero-order chi connectivity index (χ0) is 10.1. The van der Waals surface area contributed by atoms with Crippen LogP contribution in [0.5, 0.6) is 5.75 Å². The normalized spacial score (nSPS) is 9.57. The van der Waals surface area contributed by atoms with Gasteiger partial charge in [-0.2, -0.15) is 10.5 Å². The van der Waals surface area contributed by atoms with Crippen LogP contribution in [0.2, 0.25) is 0 Å². The molecule has 14 heavy (non-hydrogen) atoms. The molecule has 1 heterocycles. The van der Waals surface area contributed by atoms with Gasteiger partial charge in [0.2, 0.25) is 0 Å². The number of nitrogens with zero attached hydrogens (tertiary/aromatic N) is 2. The lowest BCUT2D eigenvalue weighted by molar-refractivity contribution is 0.482. The molecule has 0 saturated carbocycles. The van der Waals surface area contributed by atoms with Crippen molar-refractivity contribution in [2.45, 2.75) is 0 Å². The number of hydrogen-bond acceptors (Lipinski definition) is 4. The molecule has 0 spiro atoms.